The van der Waals surface area contributed by atoms with Crippen LogP contribution in [0.2, 0.25) is 0 Å². The van der Waals surface area contributed by atoms with E-state index in [1.54, 1.807) is 0 Å². The van der Waals surface area contributed by atoms with Gasteiger partial charge in [-0.25, -0.2) is 0 Å². The highest BCUT2D eigenvalue weighted by Gasteiger charge is 2.32. The molecule has 3 rings (SSSR count). The topological polar surface area (TPSA) is 51.2 Å². The van der Waals surface area contributed by atoms with E-state index in [1.807, 2.05) is 32.0 Å². The highest BCUT2D eigenvalue weighted by Crippen LogP contribution is 2.36. The Kier molecular flexibility index (Phi) is 15.6. The summed E-state index contributed by atoms with van der Waals surface area (Å²) in [7, 11) is 0. The molecule has 0 radical (unpaired) electrons. The fourth-order valence-electron chi connectivity index (χ4n) is 5.41. The zero-order chi connectivity index (χ0) is 27.8. The third-order valence-corrected chi connectivity index (χ3v) is 7.01. The second-order valence-corrected chi connectivity index (χ2v) is 10.5. The molecule has 0 bridgehead atoms. The maximum absolute atomic E-state index is 12.7. The Morgan fingerprint density at radius 2 is 1.57 bits per heavy atom. The van der Waals surface area contributed by atoms with Gasteiger partial charge in [0.15, 0.2) is 5.78 Å². The fourth-order valence-corrected chi connectivity index (χ4v) is 5.41. The molecule has 2 aromatic carbocycles. The van der Waals surface area contributed by atoms with E-state index in [0.29, 0.717) is 12.3 Å². The van der Waals surface area contributed by atoms with Crippen LogP contribution in [0.5, 0.6) is 0 Å². The Morgan fingerprint density at radius 3 is 2.08 bits per heavy atom. The van der Waals surface area contributed by atoms with Crippen LogP contribution in [0.25, 0.3) is 0 Å². The summed E-state index contributed by atoms with van der Waals surface area (Å²) < 4.78 is 0. The number of Topliss-reactive ketones (excluding diaryl/α,β-unsaturated/α-hetero) is 3. The van der Waals surface area contributed by atoms with Gasteiger partial charge < -0.3 is 0 Å². The van der Waals surface area contributed by atoms with Gasteiger partial charge in [0.1, 0.15) is 11.6 Å². The minimum atomic E-state index is -0.0622. The van der Waals surface area contributed by atoms with Crippen LogP contribution in [0.15, 0.2) is 48.5 Å². The second kappa shape index (κ2) is 17.8. The fraction of sp³-hybridized carbons (Fsp3) is 0.559. The molecule has 0 aromatic heterocycles. The first-order valence-corrected chi connectivity index (χ1v) is 14.4. The summed E-state index contributed by atoms with van der Waals surface area (Å²) in [6, 6.07) is 16.6. The quantitative estimate of drug-likeness (QED) is 0.303. The van der Waals surface area contributed by atoms with Crippen molar-refractivity contribution in [1.29, 1.82) is 0 Å². The normalized spacial score (nSPS) is 15.8. The molecule has 2 aromatic rings. The maximum atomic E-state index is 12.7. The molecule has 3 unspecified atom stereocenters. The van der Waals surface area contributed by atoms with E-state index >= 15 is 0 Å². The molecule has 0 amide bonds. The van der Waals surface area contributed by atoms with Crippen LogP contribution in [0.3, 0.4) is 0 Å². The van der Waals surface area contributed by atoms with Gasteiger partial charge in [0.05, 0.1) is 6.42 Å². The number of benzene rings is 2. The summed E-state index contributed by atoms with van der Waals surface area (Å²) in [4.78, 5) is 36.6. The Hall–Kier alpha value is -2.55. The highest BCUT2D eigenvalue weighted by molar-refractivity contribution is 6.00. The average Bonchev–Trinajstić information content (AvgIpc) is 2.85. The highest BCUT2D eigenvalue weighted by atomic mass is 16.1. The predicted octanol–water partition coefficient (Wildman–Crippen LogP) is 8.79. The van der Waals surface area contributed by atoms with Crippen molar-refractivity contribution in [3.8, 4) is 0 Å². The molecule has 37 heavy (non-hydrogen) atoms. The largest absolute Gasteiger partial charge is 0.300 e. The summed E-state index contributed by atoms with van der Waals surface area (Å²) >= 11 is 0. The molecule has 3 atom stereocenters. The van der Waals surface area contributed by atoms with Crippen molar-refractivity contribution in [2.75, 3.05) is 0 Å². The van der Waals surface area contributed by atoms with Gasteiger partial charge in [-0.05, 0) is 68.1 Å². The number of rotatable bonds is 10. The molecule has 0 fully saturated rings. The van der Waals surface area contributed by atoms with Crippen LogP contribution in [0.4, 0.5) is 0 Å². The first kappa shape index (κ1) is 32.5. The molecule has 0 saturated carbocycles. The van der Waals surface area contributed by atoms with Crippen LogP contribution < -0.4 is 0 Å². The van der Waals surface area contributed by atoms with Crippen molar-refractivity contribution in [2.24, 2.45) is 17.8 Å². The summed E-state index contributed by atoms with van der Waals surface area (Å²) in [5, 5.41) is 0. The lowest BCUT2D eigenvalue weighted by Crippen LogP contribution is -2.29. The number of carbonyl (C=O) groups excluding carboxylic acids is 3. The van der Waals surface area contributed by atoms with E-state index in [2.05, 4.69) is 58.0 Å². The smallest absolute Gasteiger partial charge is 0.163 e. The number of hydrogen-bond acceptors (Lipinski definition) is 3. The summed E-state index contributed by atoms with van der Waals surface area (Å²) in [6.45, 7) is 14.1. The minimum Gasteiger partial charge on any atom is -0.300 e. The zero-order valence-corrected chi connectivity index (χ0v) is 24.4. The van der Waals surface area contributed by atoms with Gasteiger partial charge in [-0.1, -0.05) is 102 Å². The molecule has 0 heterocycles. The maximum Gasteiger partial charge on any atom is 0.163 e. The molecule has 0 spiro atoms. The Bertz CT molecular complexity index is 960. The van der Waals surface area contributed by atoms with Crippen molar-refractivity contribution in [2.45, 2.75) is 106 Å². The molecule has 0 N–H and O–H groups in total. The lowest BCUT2D eigenvalue weighted by atomic mass is 9.72. The molecular formula is C34H50O3. The number of carbonyl (C=O) groups is 3. The Morgan fingerprint density at radius 1 is 0.919 bits per heavy atom. The van der Waals surface area contributed by atoms with E-state index in [4.69, 9.17) is 0 Å². The number of fused-ring (bicyclic) bond motifs is 1. The molecule has 3 heteroatoms. The summed E-state index contributed by atoms with van der Waals surface area (Å²) in [5.41, 5.74) is 4.55. The third kappa shape index (κ3) is 11.2. The van der Waals surface area contributed by atoms with Gasteiger partial charge in [0.25, 0.3) is 0 Å². The van der Waals surface area contributed by atoms with Crippen molar-refractivity contribution >= 4 is 17.3 Å². The number of hydrogen-bond donors (Lipinski definition) is 0. The van der Waals surface area contributed by atoms with Crippen LogP contribution in [0.1, 0.15) is 114 Å². The van der Waals surface area contributed by atoms with E-state index in [0.717, 1.165) is 55.2 Å². The van der Waals surface area contributed by atoms with Gasteiger partial charge in [-0.2, -0.15) is 0 Å². The SMILES string of the molecule is CCC.CCCC(CC1CC(=O)c2c(C)cccc2C1)C(CC)C(=O)CC(C)=O.CCc1ccccc1. The zero-order valence-electron chi connectivity index (χ0n) is 24.4. The monoisotopic (exact) mass is 506 g/mol. The standard InChI is InChI=1S/C23H32O3.C8H10.C3H8/c1-5-8-18(20(6-2)21(25)11-16(4)24)12-17-13-19-10-7-9-15(3)23(19)22(26)14-17;1-2-8-6-4-3-5-7-8;1-3-2/h7,9-10,17-18,20H,5-6,8,11-14H2,1-4H3;3-7H,2H2,1H3;3H2,1-2H3. The van der Waals surface area contributed by atoms with E-state index in [9.17, 15) is 14.4 Å². The van der Waals surface area contributed by atoms with Gasteiger partial charge in [0.2, 0.25) is 0 Å². The molecule has 0 saturated heterocycles. The van der Waals surface area contributed by atoms with E-state index in [-0.39, 0.29) is 35.6 Å². The molecule has 1 aliphatic rings. The summed E-state index contributed by atoms with van der Waals surface area (Å²) in [6.07, 6.45) is 7.60. The number of ketones is 3. The summed E-state index contributed by atoms with van der Waals surface area (Å²) in [5.74, 6) is 0.770. The Balaban J connectivity index is 0.000000516. The number of aryl methyl sites for hydroxylation is 2. The first-order valence-electron chi connectivity index (χ1n) is 14.4. The van der Waals surface area contributed by atoms with Gasteiger partial charge in [-0.3, -0.25) is 14.4 Å². The molecule has 1 aliphatic carbocycles. The average molecular weight is 507 g/mol. The van der Waals surface area contributed by atoms with Gasteiger partial charge in [0, 0.05) is 17.9 Å². The molecule has 0 aliphatic heterocycles. The minimum absolute atomic E-state index is 0.0460. The second-order valence-electron chi connectivity index (χ2n) is 10.5. The van der Waals surface area contributed by atoms with Crippen LogP contribution >= 0.6 is 0 Å². The van der Waals surface area contributed by atoms with Crippen LogP contribution in [-0.2, 0) is 22.4 Å². The lowest BCUT2D eigenvalue weighted by molar-refractivity contribution is -0.129. The van der Waals surface area contributed by atoms with Crippen molar-refractivity contribution in [3.63, 3.8) is 0 Å². The van der Waals surface area contributed by atoms with Crippen LogP contribution in [0, 0.1) is 24.7 Å². The Labute approximate surface area is 226 Å². The van der Waals surface area contributed by atoms with Crippen molar-refractivity contribution in [3.05, 3.63) is 70.8 Å². The van der Waals surface area contributed by atoms with Crippen molar-refractivity contribution in [1.82, 2.24) is 0 Å². The van der Waals surface area contributed by atoms with Crippen LogP contribution in [-0.4, -0.2) is 17.3 Å². The predicted molar refractivity (Wildman–Crippen MR) is 156 cm³/mol. The van der Waals surface area contributed by atoms with Gasteiger partial charge >= 0.3 is 0 Å². The lowest BCUT2D eigenvalue weighted by Gasteiger charge is -2.31. The van der Waals surface area contributed by atoms with Gasteiger partial charge in [-0.15, -0.1) is 0 Å². The molecule has 3 nitrogen and oxygen atoms in total. The van der Waals surface area contributed by atoms with E-state index in [1.165, 1.54) is 18.9 Å². The molecule has 204 valence electrons. The third-order valence-electron chi connectivity index (χ3n) is 7.01. The molecular weight excluding hydrogens is 456 g/mol. The van der Waals surface area contributed by atoms with E-state index < -0.39 is 0 Å². The first-order chi connectivity index (χ1) is 17.7. The van der Waals surface area contributed by atoms with Crippen molar-refractivity contribution < 1.29 is 14.4 Å².